The third-order valence-corrected chi connectivity index (χ3v) is 4.33. The number of hydrogen-bond donors (Lipinski definition) is 1. The summed E-state index contributed by atoms with van der Waals surface area (Å²) in [4.78, 5) is 20.9. The van der Waals surface area contributed by atoms with Gasteiger partial charge in [0, 0.05) is 32.2 Å². The maximum absolute atomic E-state index is 12.6. The van der Waals surface area contributed by atoms with Crippen molar-refractivity contribution in [1.29, 1.82) is 0 Å². The molecule has 0 atom stereocenters. The summed E-state index contributed by atoms with van der Waals surface area (Å²) in [5.41, 5.74) is 5.54. The van der Waals surface area contributed by atoms with E-state index in [0.29, 0.717) is 18.4 Å². The molecule has 1 aliphatic carbocycles. The summed E-state index contributed by atoms with van der Waals surface area (Å²) in [7, 11) is 0. The zero-order valence-corrected chi connectivity index (χ0v) is 17.8. The molecule has 2 aliphatic rings. The van der Waals surface area contributed by atoms with Crippen LogP contribution in [0.25, 0.3) is 0 Å². The SMILES string of the molecule is CCN=C(N)N1CCC(N(CC2CC2)C(=O)OC(C)(C)C)CC1.I. The lowest BCUT2D eigenvalue weighted by molar-refractivity contribution is 0.00935. The fourth-order valence-corrected chi connectivity index (χ4v) is 2.94. The van der Waals surface area contributed by atoms with Crippen LogP contribution in [0, 0.1) is 5.92 Å². The smallest absolute Gasteiger partial charge is 0.410 e. The van der Waals surface area contributed by atoms with E-state index < -0.39 is 5.60 Å². The molecule has 6 nitrogen and oxygen atoms in total. The van der Waals surface area contributed by atoms with Crippen molar-refractivity contribution < 1.29 is 9.53 Å². The quantitative estimate of drug-likeness (QED) is 0.405. The van der Waals surface area contributed by atoms with Crippen LogP contribution in [-0.2, 0) is 4.74 Å². The summed E-state index contributed by atoms with van der Waals surface area (Å²) in [5.74, 6) is 1.28. The second kappa shape index (κ2) is 9.10. The maximum atomic E-state index is 12.6. The second-order valence-electron chi connectivity index (χ2n) is 7.63. The third kappa shape index (κ3) is 6.64. The van der Waals surface area contributed by atoms with Gasteiger partial charge in [0.05, 0.1) is 0 Å². The number of nitrogens with two attached hydrogens (primary N) is 1. The van der Waals surface area contributed by atoms with Crippen LogP contribution in [0.15, 0.2) is 4.99 Å². The van der Waals surface area contributed by atoms with E-state index >= 15 is 0 Å². The van der Waals surface area contributed by atoms with E-state index in [1.807, 2.05) is 32.6 Å². The lowest BCUT2D eigenvalue weighted by Gasteiger charge is -2.39. The number of carbonyl (C=O) groups excluding carboxylic acids is 1. The molecule has 0 unspecified atom stereocenters. The first-order chi connectivity index (χ1) is 10.8. The largest absolute Gasteiger partial charge is 0.444 e. The molecule has 0 aromatic heterocycles. The summed E-state index contributed by atoms with van der Waals surface area (Å²) < 4.78 is 5.62. The van der Waals surface area contributed by atoms with Crippen LogP contribution in [0.5, 0.6) is 0 Å². The minimum Gasteiger partial charge on any atom is -0.444 e. The van der Waals surface area contributed by atoms with Gasteiger partial charge in [-0.15, -0.1) is 24.0 Å². The molecule has 1 saturated heterocycles. The van der Waals surface area contributed by atoms with Crippen molar-refractivity contribution in [2.75, 3.05) is 26.2 Å². The lowest BCUT2D eigenvalue weighted by Crippen LogP contribution is -2.51. The first-order valence-electron chi connectivity index (χ1n) is 8.84. The average molecular weight is 452 g/mol. The van der Waals surface area contributed by atoms with Crippen molar-refractivity contribution in [3.63, 3.8) is 0 Å². The fourth-order valence-electron chi connectivity index (χ4n) is 2.94. The minimum atomic E-state index is -0.447. The molecule has 1 aliphatic heterocycles. The van der Waals surface area contributed by atoms with Crippen molar-refractivity contribution in [2.45, 2.75) is 65.0 Å². The summed E-state index contributed by atoms with van der Waals surface area (Å²) in [6.07, 6.45) is 4.14. The van der Waals surface area contributed by atoms with Crippen LogP contribution < -0.4 is 5.73 Å². The number of halogens is 1. The molecule has 1 heterocycles. The van der Waals surface area contributed by atoms with Crippen molar-refractivity contribution >= 4 is 36.0 Å². The maximum Gasteiger partial charge on any atom is 0.410 e. The summed E-state index contributed by atoms with van der Waals surface area (Å²) in [5, 5.41) is 0. The molecule has 2 N–H and O–H groups in total. The number of piperidine rings is 1. The van der Waals surface area contributed by atoms with Gasteiger partial charge in [-0.1, -0.05) is 0 Å². The Morgan fingerprint density at radius 3 is 2.29 bits per heavy atom. The Bertz CT molecular complexity index is 438. The summed E-state index contributed by atoms with van der Waals surface area (Å²) in [6.45, 7) is 11.0. The predicted molar refractivity (Wildman–Crippen MR) is 108 cm³/mol. The van der Waals surface area contributed by atoms with Gasteiger partial charge < -0.3 is 20.3 Å². The Morgan fingerprint density at radius 1 is 1.25 bits per heavy atom. The molecular weight excluding hydrogens is 419 g/mol. The van der Waals surface area contributed by atoms with Gasteiger partial charge >= 0.3 is 6.09 Å². The molecule has 1 amide bonds. The normalized spacial score (nSPS) is 19.7. The number of aliphatic imine (C=N–C) groups is 1. The molecule has 140 valence electrons. The van der Waals surface area contributed by atoms with Gasteiger partial charge in [-0.25, -0.2) is 4.79 Å². The Labute approximate surface area is 163 Å². The first kappa shape index (κ1) is 21.3. The highest BCUT2D eigenvalue weighted by atomic mass is 127. The Hall–Kier alpha value is -0.730. The number of guanidine groups is 1. The van der Waals surface area contributed by atoms with E-state index in [2.05, 4.69) is 9.89 Å². The number of carbonyl (C=O) groups is 1. The highest BCUT2D eigenvalue weighted by Crippen LogP contribution is 2.32. The van der Waals surface area contributed by atoms with E-state index in [0.717, 1.165) is 32.5 Å². The zero-order valence-electron chi connectivity index (χ0n) is 15.5. The number of rotatable bonds is 4. The molecule has 0 aromatic carbocycles. The van der Waals surface area contributed by atoms with Crippen molar-refractivity contribution in [2.24, 2.45) is 16.6 Å². The van der Waals surface area contributed by atoms with E-state index in [9.17, 15) is 4.79 Å². The first-order valence-corrected chi connectivity index (χ1v) is 8.84. The summed E-state index contributed by atoms with van der Waals surface area (Å²) >= 11 is 0. The molecule has 0 aromatic rings. The van der Waals surface area contributed by atoms with Crippen molar-refractivity contribution in [3.8, 4) is 0 Å². The highest BCUT2D eigenvalue weighted by molar-refractivity contribution is 14.0. The predicted octanol–water partition coefficient (Wildman–Crippen LogP) is 3.05. The second-order valence-corrected chi connectivity index (χ2v) is 7.63. The minimum absolute atomic E-state index is 0. The van der Waals surface area contributed by atoms with E-state index in [4.69, 9.17) is 10.5 Å². The van der Waals surface area contributed by atoms with Crippen molar-refractivity contribution in [3.05, 3.63) is 0 Å². The van der Waals surface area contributed by atoms with Crippen LogP contribution in [0.3, 0.4) is 0 Å². The molecule has 2 rings (SSSR count). The highest BCUT2D eigenvalue weighted by Gasteiger charge is 2.35. The van der Waals surface area contributed by atoms with Crippen LogP contribution in [-0.4, -0.2) is 59.7 Å². The van der Waals surface area contributed by atoms with Gasteiger partial charge in [0.2, 0.25) is 0 Å². The molecule has 7 heteroatoms. The molecule has 0 bridgehead atoms. The van der Waals surface area contributed by atoms with Gasteiger partial charge in [-0.3, -0.25) is 4.99 Å². The molecule has 0 radical (unpaired) electrons. The van der Waals surface area contributed by atoms with E-state index in [-0.39, 0.29) is 36.1 Å². The van der Waals surface area contributed by atoms with Gasteiger partial charge in [-0.2, -0.15) is 0 Å². The van der Waals surface area contributed by atoms with E-state index in [1.54, 1.807) is 0 Å². The van der Waals surface area contributed by atoms with Gasteiger partial charge in [0.25, 0.3) is 0 Å². The average Bonchev–Trinajstić information content (AvgIpc) is 3.27. The zero-order chi connectivity index (χ0) is 17.0. The van der Waals surface area contributed by atoms with Crippen molar-refractivity contribution in [1.82, 2.24) is 9.80 Å². The lowest BCUT2D eigenvalue weighted by atomic mass is 10.0. The van der Waals surface area contributed by atoms with Gasteiger partial charge in [0.15, 0.2) is 5.96 Å². The Balaban J connectivity index is 0.00000288. The topological polar surface area (TPSA) is 71.2 Å². The Morgan fingerprint density at radius 2 is 1.83 bits per heavy atom. The number of hydrogen-bond acceptors (Lipinski definition) is 3. The Kier molecular flexibility index (Phi) is 8.08. The molecular formula is C17H33IN4O2. The summed E-state index contributed by atoms with van der Waals surface area (Å²) in [6, 6.07) is 0.246. The molecule has 1 saturated carbocycles. The third-order valence-electron chi connectivity index (χ3n) is 4.33. The van der Waals surface area contributed by atoms with Gasteiger partial charge in [0.1, 0.15) is 5.60 Å². The van der Waals surface area contributed by atoms with Crippen LogP contribution >= 0.6 is 24.0 Å². The van der Waals surface area contributed by atoms with Crippen LogP contribution in [0.2, 0.25) is 0 Å². The molecule has 24 heavy (non-hydrogen) atoms. The number of nitrogens with zero attached hydrogens (tertiary/aromatic N) is 3. The van der Waals surface area contributed by atoms with Crippen LogP contribution in [0.1, 0.15) is 53.4 Å². The number of likely N-dealkylation sites (tertiary alicyclic amines) is 1. The van der Waals surface area contributed by atoms with Gasteiger partial charge in [-0.05, 0) is 59.3 Å². The monoisotopic (exact) mass is 452 g/mol. The number of amides is 1. The van der Waals surface area contributed by atoms with E-state index in [1.165, 1.54) is 12.8 Å². The fraction of sp³-hybridized carbons (Fsp3) is 0.882. The van der Waals surface area contributed by atoms with Crippen LogP contribution in [0.4, 0.5) is 4.79 Å². The molecule has 2 fully saturated rings. The molecule has 0 spiro atoms. The number of ether oxygens (including phenoxy) is 1. The standard InChI is InChI=1S/C17H32N4O2.HI/c1-5-19-15(18)20-10-8-14(9-11-20)21(12-13-6-7-13)16(22)23-17(2,3)4;/h13-14H,5-12H2,1-4H3,(H2,18,19);1H.